The van der Waals surface area contributed by atoms with E-state index in [1.165, 1.54) is 27.9 Å². The zero-order valence-electron chi connectivity index (χ0n) is 10.1. The molecule has 0 heteroatoms. The average Bonchev–Trinajstić information content (AvgIpc) is 2.29. The maximum absolute atomic E-state index is 4.10. The Kier molecular flexibility index (Phi) is 3.09. The van der Waals surface area contributed by atoms with Crippen LogP contribution in [0.15, 0.2) is 59.7 Å². The van der Waals surface area contributed by atoms with Crippen LogP contribution in [0.5, 0.6) is 0 Å². The summed E-state index contributed by atoms with van der Waals surface area (Å²) in [7, 11) is 0. The highest BCUT2D eigenvalue weighted by atomic mass is 14.2. The minimum Gasteiger partial charge on any atom is -0.0958 e. The fraction of sp³-hybridized carbons (Fsp3) is 0.250. The zero-order valence-corrected chi connectivity index (χ0v) is 10.1. The molecule has 0 bridgehead atoms. The molecule has 1 aliphatic carbocycles. The first-order chi connectivity index (χ1) is 7.70. The summed E-state index contributed by atoms with van der Waals surface area (Å²) in [5.74, 6) is 0. The van der Waals surface area contributed by atoms with Gasteiger partial charge in [-0.15, -0.1) is 0 Å². The van der Waals surface area contributed by atoms with Gasteiger partial charge in [-0.25, -0.2) is 0 Å². The van der Waals surface area contributed by atoms with E-state index in [1.807, 2.05) is 0 Å². The topological polar surface area (TPSA) is 0 Å². The van der Waals surface area contributed by atoms with Crippen molar-refractivity contribution in [1.29, 1.82) is 0 Å². The van der Waals surface area contributed by atoms with Crippen LogP contribution in [-0.2, 0) is 0 Å². The first-order valence-corrected chi connectivity index (χ1v) is 5.81. The smallest absolute Gasteiger partial charge is 0.0123 e. The molecule has 0 aliphatic heterocycles. The van der Waals surface area contributed by atoms with E-state index in [0.29, 0.717) is 0 Å². The number of hydrogen-bond donors (Lipinski definition) is 0. The van der Waals surface area contributed by atoms with Gasteiger partial charge >= 0.3 is 0 Å². The van der Waals surface area contributed by atoms with Gasteiger partial charge in [0.25, 0.3) is 0 Å². The lowest BCUT2D eigenvalue weighted by atomic mass is 9.84. The largest absolute Gasteiger partial charge is 0.0958 e. The molecule has 0 saturated heterocycles. The van der Waals surface area contributed by atoms with Gasteiger partial charge < -0.3 is 0 Å². The Hall–Kier alpha value is -1.56. The van der Waals surface area contributed by atoms with Crippen LogP contribution in [0.1, 0.15) is 32.3 Å². The minimum absolute atomic E-state index is 1.12. The Bertz CT molecular complexity index is 458. The van der Waals surface area contributed by atoms with Crippen molar-refractivity contribution in [2.24, 2.45) is 0 Å². The molecule has 0 amide bonds. The molecule has 0 spiro atoms. The molecule has 0 saturated carbocycles. The molecule has 0 fully saturated rings. The van der Waals surface area contributed by atoms with Crippen LogP contribution < -0.4 is 0 Å². The molecule has 0 N–H and O–H groups in total. The van der Waals surface area contributed by atoms with Gasteiger partial charge in [0.2, 0.25) is 0 Å². The summed E-state index contributed by atoms with van der Waals surface area (Å²) in [4.78, 5) is 0. The molecule has 1 aromatic carbocycles. The Morgan fingerprint density at radius 3 is 2.50 bits per heavy atom. The van der Waals surface area contributed by atoms with Crippen LogP contribution in [0.25, 0.3) is 5.57 Å². The maximum Gasteiger partial charge on any atom is -0.0123 e. The van der Waals surface area contributed by atoms with Gasteiger partial charge in [-0.3, -0.25) is 0 Å². The SMILES string of the molecule is C=C(C)C1=C(c2ccccc2)C(C)=CCC1. The van der Waals surface area contributed by atoms with E-state index in [-0.39, 0.29) is 0 Å². The van der Waals surface area contributed by atoms with E-state index >= 15 is 0 Å². The van der Waals surface area contributed by atoms with Crippen LogP contribution in [-0.4, -0.2) is 0 Å². The second-order valence-electron chi connectivity index (χ2n) is 4.43. The Balaban J connectivity index is 2.57. The quantitative estimate of drug-likeness (QED) is 0.660. The summed E-state index contributed by atoms with van der Waals surface area (Å²) in [6, 6.07) is 10.6. The monoisotopic (exact) mass is 210 g/mol. The highest BCUT2D eigenvalue weighted by molar-refractivity contribution is 5.84. The van der Waals surface area contributed by atoms with Crippen molar-refractivity contribution in [2.45, 2.75) is 26.7 Å². The van der Waals surface area contributed by atoms with Crippen LogP contribution >= 0.6 is 0 Å². The van der Waals surface area contributed by atoms with Gasteiger partial charge in [0, 0.05) is 0 Å². The molecule has 0 heterocycles. The lowest BCUT2D eigenvalue weighted by molar-refractivity contribution is 0.961. The minimum atomic E-state index is 1.12. The van der Waals surface area contributed by atoms with Gasteiger partial charge in [0.05, 0.1) is 0 Å². The molecule has 2 rings (SSSR count). The standard InChI is InChI=1S/C16H18/c1-12(2)15-11-7-8-13(3)16(15)14-9-5-4-6-10-14/h4-6,8-10H,1,7,11H2,2-3H3. The third kappa shape index (κ3) is 2.01. The fourth-order valence-corrected chi connectivity index (χ4v) is 2.33. The molecule has 1 aromatic rings. The molecule has 0 aromatic heterocycles. The van der Waals surface area contributed by atoms with Crippen molar-refractivity contribution in [2.75, 3.05) is 0 Å². The third-order valence-electron chi connectivity index (χ3n) is 3.12. The van der Waals surface area contributed by atoms with Crippen molar-refractivity contribution < 1.29 is 0 Å². The molecule has 1 aliphatic rings. The normalized spacial score (nSPS) is 16.0. The molecular weight excluding hydrogens is 192 g/mol. The molecule has 0 unspecified atom stereocenters. The lowest BCUT2D eigenvalue weighted by Crippen LogP contribution is -2.00. The Labute approximate surface area is 98.0 Å². The number of hydrogen-bond acceptors (Lipinski definition) is 0. The predicted molar refractivity (Wildman–Crippen MR) is 71.2 cm³/mol. The number of benzene rings is 1. The summed E-state index contributed by atoms with van der Waals surface area (Å²) in [5.41, 5.74) is 6.71. The second kappa shape index (κ2) is 4.52. The molecule has 0 atom stereocenters. The molecule has 0 radical (unpaired) electrons. The van der Waals surface area contributed by atoms with Gasteiger partial charge in [-0.2, -0.15) is 0 Å². The van der Waals surface area contributed by atoms with Gasteiger partial charge in [-0.05, 0) is 49.0 Å². The second-order valence-corrected chi connectivity index (χ2v) is 4.43. The van der Waals surface area contributed by atoms with Crippen LogP contribution in [0.4, 0.5) is 0 Å². The average molecular weight is 210 g/mol. The Morgan fingerprint density at radius 2 is 1.88 bits per heavy atom. The van der Waals surface area contributed by atoms with E-state index < -0.39 is 0 Å². The van der Waals surface area contributed by atoms with Crippen molar-refractivity contribution in [3.8, 4) is 0 Å². The van der Waals surface area contributed by atoms with Crippen LogP contribution in [0, 0.1) is 0 Å². The third-order valence-corrected chi connectivity index (χ3v) is 3.12. The number of allylic oxidation sites excluding steroid dienone is 5. The van der Waals surface area contributed by atoms with Crippen molar-refractivity contribution in [1.82, 2.24) is 0 Å². The molecule has 0 nitrogen and oxygen atoms in total. The predicted octanol–water partition coefficient (Wildman–Crippen LogP) is 4.76. The van der Waals surface area contributed by atoms with Crippen LogP contribution in [0.2, 0.25) is 0 Å². The highest BCUT2D eigenvalue weighted by Gasteiger charge is 2.14. The van der Waals surface area contributed by atoms with E-state index in [9.17, 15) is 0 Å². The van der Waals surface area contributed by atoms with Gasteiger partial charge in [-0.1, -0.05) is 48.6 Å². The first kappa shape index (κ1) is 10.9. The summed E-state index contributed by atoms with van der Waals surface area (Å²) < 4.78 is 0. The fourth-order valence-electron chi connectivity index (χ4n) is 2.33. The molecular formula is C16H18. The van der Waals surface area contributed by atoms with Crippen molar-refractivity contribution in [3.63, 3.8) is 0 Å². The Morgan fingerprint density at radius 1 is 1.19 bits per heavy atom. The van der Waals surface area contributed by atoms with Crippen LogP contribution in [0.3, 0.4) is 0 Å². The summed E-state index contributed by atoms with van der Waals surface area (Å²) >= 11 is 0. The van der Waals surface area contributed by atoms with Gasteiger partial charge in [0.15, 0.2) is 0 Å². The first-order valence-electron chi connectivity index (χ1n) is 5.81. The number of rotatable bonds is 2. The lowest BCUT2D eigenvalue weighted by Gasteiger charge is -2.20. The maximum atomic E-state index is 4.10. The highest BCUT2D eigenvalue weighted by Crippen LogP contribution is 2.35. The van der Waals surface area contributed by atoms with Gasteiger partial charge in [0.1, 0.15) is 0 Å². The van der Waals surface area contributed by atoms with Crippen molar-refractivity contribution in [3.05, 3.63) is 65.3 Å². The van der Waals surface area contributed by atoms with E-state index in [1.54, 1.807) is 0 Å². The van der Waals surface area contributed by atoms with E-state index in [4.69, 9.17) is 0 Å². The summed E-state index contributed by atoms with van der Waals surface area (Å²) in [6.07, 6.45) is 4.59. The van der Waals surface area contributed by atoms with Crippen molar-refractivity contribution >= 4 is 5.57 Å². The van der Waals surface area contributed by atoms with E-state index in [2.05, 4.69) is 56.8 Å². The summed E-state index contributed by atoms with van der Waals surface area (Å²) in [6.45, 7) is 8.41. The molecule has 16 heavy (non-hydrogen) atoms. The molecule has 82 valence electrons. The summed E-state index contributed by atoms with van der Waals surface area (Å²) in [5, 5.41) is 0. The van der Waals surface area contributed by atoms with E-state index in [0.717, 1.165) is 12.8 Å². The zero-order chi connectivity index (χ0) is 11.5.